The molecule has 0 bridgehead atoms. The summed E-state index contributed by atoms with van der Waals surface area (Å²) in [6, 6.07) is 1.27. The van der Waals surface area contributed by atoms with E-state index in [1.807, 2.05) is 21.7 Å². The van der Waals surface area contributed by atoms with Crippen LogP contribution in [0.2, 0.25) is 0 Å². The first-order valence-corrected chi connectivity index (χ1v) is 6.97. The van der Waals surface area contributed by atoms with E-state index >= 15 is 0 Å². The number of thiophene rings is 1. The maximum absolute atomic E-state index is 11.5. The van der Waals surface area contributed by atoms with Gasteiger partial charge >= 0.3 is 5.97 Å². The molecule has 1 unspecified atom stereocenters. The molecule has 1 aliphatic rings. The minimum Gasteiger partial charge on any atom is -0.480 e. The third-order valence-corrected chi connectivity index (χ3v) is 4.01. The Hall–Kier alpha value is -1.79. The number of carbonyl (C=O) groups is 1. The first kappa shape index (κ1) is 12.3. The molecule has 98 valence electrons. The molecule has 0 aromatic carbocycles. The molecule has 6 heteroatoms. The van der Waals surface area contributed by atoms with Crippen LogP contribution in [0.25, 0.3) is 0 Å². The number of carboxylic acids is 1. The smallest absolute Gasteiger partial charge is 0.325 e. The van der Waals surface area contributed by atoms with Gasteiger partial charge in [0.1, 0.15) is 6.04 Å². The lowest BCUT2D eigenvalue weighted by Crippen LogP contribution is -2.38. The van der Waals surface area contributed by atoms with Crippen molar-refractivity contribution in [2.24, 2.45) is 0 Å². The molecule has 0 aliphatic carbocycles. The molecule has 0 spiro atoms. The van der Waals surface area contributed by atoms with Crippen LogP contribution in [-0.4, -0.2) is 32.5 Å². The van der Waals surface area contributed by atoms with Gasteiger partial charge in [-0.05, 0) is 22.4 Å². The normalized spacial score (nSPS) is 16.8. The van der Waals surface area contributed by atoms with Crippen LogP contribution in [0.4, 0.5) is 0 Å². The minimum atomic E-state index is -0.814. The SMILES string of the molecule is O=C(O)C(c1ccsc1)N1CCc2nccnc2C1. The van der Waals surface area contributed by atoms with Crippen molar-refractivity contribution in [1.82, 2.24) is 14.9 Å². The van der Waals surface area contributed by atoms with Gasteiger partial charge in [-0.15, -0.1) is 0 Å². The van der Waals surface area contributed by atoms with Crippen LogP contribution >= 0.6 is 11.3 Å². The number of carboxylic acid groups (broad SMARTS) is 1. The third-order valence-electron chi connectivity index (χ3n) is 3.31. The Morgan fingerprint density at radius 3 is 2.84 bits per heavy atom. The number of hydrogen-bond donors (Lipinski definition) is 1. The third kappa shape index (κ3) is 2.36. The summed E-state index contributed by atoms with van der Waals surface area (Å²) in [6.45, 7) is 1.23. The summed E-state index contributed by atoms with van der Waals surface area (Å²) in [5, 5.41) is 13.3. The van der Waals surface area contributed by atoms with Gasteiger partial charge in [-0.25, -0.2) is 0 Å². The molecule has 0 amide bonds. The van der Waals surface area contributed by atoms with Gasteiger partial charge in [-0.3, -0.25) is 19.7 Å². The fourth-order valence-corrected chi connectivity index (χ4v) is 3.10. The molecule has 1 atom stereocenters. The average molecular weight is 275 g/mol. The summed E-state index contributed by atoms with van der Waals surface area (Å²) < 4.78 is 0. The lowest BCUT2D eigenvalue weighted by atomic mass is 10.0. The highest BCUT2D eigenvalue weighted by atomic mass is 32.1. The van der Waals surface area contributed by atoms with Gasteiger partial charge in [-0.2, -0.15) is 11.3 Å². The maximum atomic E-state index is 11.5. The lowest BCUT2D eigenvalue weighted by molar-refractivity contribution is -0.144. The zero-order chi connectivity index (χ0) is 13.2. The predicted molar refractivity (Wildman–Crippen MR) is 70.8 cm³/mol. The van der Waals surface area contributed by atoms with Crippen LogP contribution in [0.1, 0.15) is 23.0 Å². The molecule has 0 saturated carbocycles. The summed E-state index contributed by atoms with van der Waals surface area (Å²) in [5.41, 5.74) is 2.70. The fourth-order valence-electron chi connectivity index (χ4n) is 2.42. The maximum Gasteiger partial charge on any atom is 0.325 e. The summed E-state index contributed by atoms with van der Waals surface area (Å²) in [5.74, 6) is -0.814. The van der Waals surface area contributed by atoms with Gasteiger partial charge in [0.2, 0.25) is 0 Å². The van der Waals surface area contributed by atoms with Crippen LogP contribution in [0.15, 0.2) is 29.2 Å². The Morgan fingerprint density at radius 1 is 1.37 bits per heavy atom. The largest absolute Gasteiger partial charge is 0.480 e. The second-order valence-electron chi connectivity index (χ2n) is 4.47. The summed E-state index contributed by atoms with van der Waals surface area (Å²) in [4.78, 5) is 22.1. The van der Waals surface area contributed by atoms with Gasteiger partial charge in [0.25, 0.3) is 0 Å². The molecule has 1 N–H and O–H groups in total. The lowest BCUT2D eigenvalue weighted by Gasteiger charge is -2.31. The molecule has 19 heavy (non-hydrogen) atoms. The van der Waals surface area contributed by atoms with E-state index in [-0.39, 0.29) is 0 Å². The molecular formula is C13H13N3O2S. The van der Waals surface area contributed by atoms with E-state index in [0.717, 1.165) is 23.4 Å². The van der Waals surface area contributed by atoms with Crippen molar-refractivity contribution in [2.45, 2.75) is 19.0 Å². The summed E-state index contributed by atoms with van der Waals surface area (Å²) in [7, 11) is 0. The van der Waals surface area contributed by atoms with E-state index < -0.39 is 12.0 Å². The van der Waals surface area contributed by atoms with Crippen LogP contribution in [0.5, 0.6) is 0 Å². The highest BCUT2D eigenvalue weighted by molar-refractivity contribution is 7.08. The Kier molecular flexibility index (Phi) is 3.27. The fraction of sp³-hybridized carbons (Fsp3) is 0.308. The van der Waals surface area contributed by atoms with E-state index in [1.165, 1.54) is 11.3 Å². The first-order chi connectivity index (χ1) is 9.25. The second kappa shape index (κ2) is 5.07. The zero-order valence-corrected chi connectivity index (χ0v) is 11.0. The van der Waals surface area contributed by atoms with Crippen molar-refractivity contribution in [1.29, 1.82) is 0 Å². The average Bonchev–Trinajstić information content (AvgIpc) is 2.92. The monoisotopic (exact) mass is 275 g/mol. The van der Waals surface area contributed by atoms with Crippen molar-refractivity contribution in [3.05, 3.63) is 46.2 Å². The molecule has 0 fully saturated rings. The molecule has 0 radical (unpaired) electrons. The van der Waals surface area contributed by atoms with Crippen molar-refractivity contribution in [3.8, 4) is 0 Å². The Labute approximate surface area is 114 Å². The van der Waals surface area contributed by atoms with Gasteiger partial charge in [0.15, 0.2) is 0 Å². The zero-order valence-electron chi connectivity index (χ0n) is 10.2. The van der Waals surface area contributed by atoms with Crippen molar-refractivity contribution >= 4 is 17.3 Å². The number of fused-ring (bicyclic) bond motifs is 1. The standard InChI is InChI=1S/C13H13N3O2S/c17-13(18)12(9-2-6-19-8-9)16-5-1-10-11(7-16)15-4-3-14-10/h2-4,6,8,12H,1,5,7H2,(H,17,18). The van der Waals surface area contributed by atoms with Crippen molar-refractivity contribution < 1.29 is 9.90 Å². The quantitative estimate of drug-likeness (QED) is 0.924. The molecule has 3 heterocycles. The number of hydrogen-bond acceptors (Lipinski definition) is 5. The molecule has 5 nitrogen and oxygen atoms in total. The van der Waals surface area contributed by atoms with E-state index in [2.05, 4.69) is 9.97 Å². The van der Waals surface area contributed by atoms with E-state index in [1.54, 1.807) is 12.4 Å². The van der Waals surface area contributed by atoms with Gasteiger partial charge < -0.3 is 5.11 Å². The Bertz CT molecular complexity index is 585. The van der Waals surface area contributed by atoms with Gasteiger partial charge in [0.05, 0.1) is 11.4 Å². The number of aromatic nitrogens is 2. The topological polar surface area (TPSA) is 66.3 Å². The number of nitrogens with zero attached hydrogens (tertiary/aromatic N) is 3. The van der Waals surface area contributed by atoms with Crippen LogP contribution in [0, 0.1) is 0 Å². The first-order valence-electron chi connectivity index (χ1n) is 6.03. The molecular weight excluding hydrogens is 262 g/mol. The molecule has 1 aliphatic heterocycles. The summed E-state index contributed by atoms with van der Waals surface area (Å²) >= 11 is 1.52. The highest BCUT2D eigenvalue weighted by Gasteiger charge is 2.31. The molecule has 2 aromatic rings. The second-order valence-corrected chi connectivity index (χ2v) is 5.25. The van der Waals surface area contributed by atoms with Crippen LogP contribution in [-0.2, 0) is 17.8 Å². The van der Waals surface area contributed by atoms with Crippen LogP contribution < -0.4 is 0 Å². The number of aliphatic carboxylic acids is 1. The van der Waals surface area contributed by atoms with Gasteiger partial charge in [0, 0.05) is 31.9 Å². The predicted octanol–water partition coefficient (Wildman–Crippen LogP) is 1.72. The number of rotatable bonds is 3. The van der Waals surface area contributed by atoms with Crippen molar-refractivity contribution in [3.63, 3.8) is 0 Å². The molecule has 0 saturated heterocycles. The van der Waals surface area contributed by atoms with E-state index in [4.69, 9.17) is 0 Å². The highest BCUT2D eigenvalue weighted by Crippen LogP contribution is 2.27. The molecule has 2 aromatic heterocycles. The van der Waals surface area contributed by atoms with E-state index in [9.17, 15) is 9.90 Å². The van der Waals surface area contributed by atoms with Crippen LogP contribution in [0.3, 0.4) is 0 Å². The Balaban J connectivity index is 1.88. The Morgan fingerprint density at radius 2 is 2.16 bits per heavy atom. The van der Waals surface area contributed by atoms with Gasteiger partial charge in [-0.1, -0.05) is 0 Å². The molecule has 3 rings (SSSR count). The minimum absolute atomic E-state index is 0.538. The van der Waals surface area contributed by atoms with Crippen molar-refractivity contribution in [2.75, 3.05) is 6.54 Å². The summed E-state index contributed by atoms with van der Waals surface area (Å²) in [6.07, 6.45) is 4.09. The van der Waals surface area contributed by atoms with E-state index in [0.29, 0.717) is 13.1 Å².